The van der Waals surface area contributed by atoms with Crippen molar-refractivity contribution in [1.82, 2.24) is 4.90 Å². The summed E-state index contributed by atoms with van der Waals surface area (Å²) < 4.78 is 27.1. The van der Waals surface area contributed by atoms with Crippen LogP contribution in [0, 0.1) is 0 Å². The minimum absolute atomic E-state index is 0.00202. The van der Waals surface area contributed by atoms with Crippen molar-refractivity contribution in [2.24, 2.45) is 0 Å². The number of hydrogen-bond donors (Lipinski definition) is 1. The maximum atomic E-state index is 12.4. The summed E-state index contributed by atoms with van der Waals surface area (Å²) in [4.78, 5) is 13.9. The fourth-order valence-electron chi connectivity index (χ4n) is 2.86. The molecule has 1 aliphatic rings. The number of rotatable bonds is 8. The molecular weight excluding hydrogens is 390 g/mol. The van der Waals surface area contributed by atoms with Crippen LogP contribution in [0.25, 0.3) is 0 Å². The average molecular weight is 412 g/mol. The fraction of sp³-hybridized carbons (Fsp3) is 0.316. The van der Waals surface area contributed by atoms with E-state index in [-0.39, 0.29) is 24.1 Å². The van der Waals surface area contributed by atoms with Crippen LogP contribution in [0.2, 0.25) is 0 Å². The second-order valence-electron chi connectivity index (χ2n) is 6.20. The Bertz CT molecular complexity index is 847. The molecule has 27 heavy (non-hydrogen) atoms. The summed E-state index contributed by atoms with van der Waals surface area (Å²) in [6, 6.07) is 5.98. The molecular formula is C19H22ClNO5S. The van der Waals surface area contributed by atoms with Crippen LogP contribution < -0.4 is 4.18 Å². The predicted octanol–water partition coefficient (Wildman–Crippen LogP) is 2.57. The van der Waals surface area contributed by atoms with Crippen LogP contribution in [0.5, 0.6) is 5.75 Å². The Balaban J connectivity index is 2.22. The lowest BCUT2D eigenvalue weighted by Crippen LogP contribution is -2.51. The second kappa shape index (κ2) is 8.73. The van der Waals surface area contributed by atoms with E-state index < -0.39 is 21.8 Å². The van der Waals surface area contributed by atoms with Crippen molar-refractivity contribution in [2.45, 2.75) is 18.1 Å². The van der Waals surface area contributed by atoms with Gasteiger partial charge in [-0.3, -0.25) is 4.79 Å². The summed E-state index contributed by atoms with van der Waals surface area (Å²) in [5.41, 5.74) is -0.251. The number of halogens is 1. The number of allylic oxidation sites excluding steroid dienone is 2. The van der Waals surface area contributed by atoms with Crippen LogP contribution >= 0.6 is 11.6 Å². The minimum atomic E-state index is -3.63. The van der Waals surface area contributed by atoms with E-state index in [0.29, 0.717) is 12.0 Å². The quantitative estimate of drug-likeness (QED) is 0.404. The highest BCUT2D eigenvalue weighted by molar-refractivity contribution is 7.86. The number of amides is 1. The van der Waals surface area contributed by atoms with E-state index in [4.69, 9.17) is 15.8 Å². The van der Waals surface area contributed by atoms with Gasteiger partial charge in [0.05, 0.1) is 24.4 Å². The number of aliphatic hydroxyl groups is 1. The SMILES string of the molecule is C=C[C@@]1(N(CC(O)c2ccc(OS(C)(=O)=O)cc2)C(=O)CCl)C=CC=CC1. The van der Waals surface area contributed by atoms with E-state index in [0.717, 1.165) is 6.26 Å². The highest BCUT2D eigenvalue weighted by Crippen LogP contribution is 2.30. The predicted molar refractivity (Wildman–Crippen MR) is 105 cm³/mol. The van der Waals surface area contributed by atoms with Gasteiger partial charge in [-0.1, -0.05) is 42.5 Å². The molecule has 0 aromatic heterocycles. The zero-order chi connectivity index (χ0) is 20.1. The number of hydrogen-bond acceptors (Lipinski definition) is 5. The Morgan fingerprint density at radius 3 is 2.56 bits per heavy atom. The molecule has 0 spiro atoms. The molecule has 1 unspecified atom stereocenters. The standard InChI is InChI=1S/C19H22ClNO5S/c1-3-19(11-5-4-6-12-19)21(18(23)13-20)14-17(22)15-7-9-16(10-8-15)26-27(2,24)25/h3-11,17,22H,1,12-14H2,2H3/t17?,19-/m1/s1. The van der Waals surface area contributed by atoms with Gasteiger partial charge in [0.1, 0.15) is 11.6 Å². The van der Waals surface area contributed by atoms with Crippen molar-refractivity contribution in [2.75, 3.05) is 18.7 Å². The third-order valence-corrected chi connectivity index (χ3v) is 4.94. The summed E-state index contributed by atoms with van der Waals surface area (Å²) in [6.45, 7) is 3.84. The lowest BCUT2D eigenvalue weighted by atomic mass is 9.88. The fourth-order valence-corrected chi connectivity index (χ4v) is 3.47. The van der Waals surface area contributed by atoms with Gasteiger partial charge in [-0.25, -0.2) is 0 Å². The maximum absolute atomic E-state index is 12.4. The minimum Gasteiger partial charge on any atom is -0.387 e. The van der Waals surface area contributed by atoms with Crippen LogP contribution in [-0.4, -0.2) is 48.6 Å². The number of β-amino-alcohol motifs (C(OH)–C–C–N with tert-alkyl or cyclic N) is 1. The van der Waals surface area contributed by atoms with Crippen molar-refractivity contribution in [3.05, 3.63) is 66.8 Å². The number of carbonyl (C=O) groups is 1. The smallest absolute Gasteiger partial charge is 0.306 e. The van der Waals surface area contributed by atoms with Crippen LogP contribution in [0.3, 0.4) is 0 Å². The molecule has 0 fully saturated rings. The first-order valence-corrected chi connectivity index (χ1v) is 10.6. The average Bonchev–Trinajstić information content (AvgIpc) is 2.65. The molecule has 2 rings (SSSR count). The second-order valence-corrected chi connectivity index (χ2v) is 8.04. The lowest BCUT2D eigenvalue weighted by molar-refractivity contribution is -0.133. The van der Waals surface area contributed by atoms with Crippen molar-refractivity contribution in [1.29, 1.82) is 0 Å². The van der Waals surface area contributed by atoms with Crippen LogP contribution in [0.1, 0.15) is 18.1 Å². The van der Waals surface area contributed by atoms with Gasteiger partial charge in [0, 0.05) is 0 Å². The summed E-state index contributed by atoms with van der Waals surface area (Å²) in [7, 11) is -3.63. The zero-order valence-corrected chi connectivity index (χ0v) is 16.5. The molecule has 0 heterocycles. The Hall–Kier alpha value is -2.09. The molecule has 1 aliphatic carbocycles. The van der Waals surface area contributed by atoms with Crippen molar-refractivity contribution in [3.8, 4) is 5.75 Å². The largest absolute Gasteiger partial charge is 0.387 e. The first-order chi connectivity index (χ1) is 12.7. The Labute approximate surface area is 164 Å². The Morgan fingerprint density at radius 2 is 2.07 bits per heavy atom. The topological polar surface area (TPSA) is 83.9 Å². The molecule has 2 atom stereocenters. The third-order valence-electron chi connectivity index (χ3n) is 4.22. The molecule has 1 amide bonds. The van der Waals surface area contributed by atoms with Gasteiger partial charge < -0.3 is 14.2 Å². The van der Waals surface area contributed by atoms with E-state index >= 15 is 0 Å². The molecule has 6 nitrogen and oxygen atoms in total. The summed E-state index contributed by atoms with van der Waals surface area (Å²) >= 11 is 5.77. The van der Waals surface area contributed by atoms with Gasteiger partial charge in [-0.05, 0) is 24.1 Å². The van der Waals surface area contributed by atoms with E-state index in [1.54, 1.807) is 18.2 Å². The Kier molecular flexibility index (Phi) is 6.86. The van der Waals surface area contributed by atoms with Crippen molar-refractivity contribution in [3.63, 3.8) is 0 Å². The van der Waals surface area contributed by atoms with E-state index in [1.807, 2.05) is 24.3 Å². The third kappa shape index (κ3) is 5.45. The molecule has 1 N–H and O–H groups in total. The van der Waals surface area contributed by atoms with Gasteiger partial charge in [0.25, 0.3) is 0 Å². The first-order valence-electron chi connectivity index (χ1n) is 8.22. The summed E-state index contributed by atoms with van der Waals surface area (Å²) in [5, 5.41) is 10.6. The van der Waals surface area contributed by atoms with E-state index in [1.165, 1.54) is 17.0 Å². The number of benzene rings is 1. The molecule has 8 heteroatoms. The van der Waals surface area contributed by atoms with Gasteiger partial charge >= 0.3 is 10.1 Å². The lowest BCUT2D eigenvalue weighted by Gasteiger charge is -2.41. The van der Waals surface area contributed by atoms with E-state index in [9.17, 15) is 18.3 Å². The van der Waals surface area contributed by atoms with Crippen molar-refractivity contribution < 1.29 is 22.5 Å². The molecule has 1 aromatic carbocycles. The molecule has 146 valence electrons. The zero-order valence-electron chi connectivity index (χ0n) is 14.9. The molecule has 1 aromatic rings. The van der Waals surface area contributed by atoms with Gasteiger partial charge in [0.2, 0.25) is 5.91 Å². The van der Waals surface area contributed by atoms with Crippen LogP contribution in [0.4, 0.5) is 0 Å². The maximum Gasteiger partial charge on any atom is 0.306 e. The monoisotopic (exact) mass is 411 g/mol. The number of aliphatic hydroxyl groups excluding tert-OH is 1. The number of alkyl halides is 1. The normalized spacial score (nSPS) is 20.1. The number of nitrogens with zero attached hydrogens (tertiary/aromatic N) is 1. The highest BCUT2D eigenvalue weighted by Gasteiger charge is 2.35. The van der Waals surface area contributed by atoms with Gasteiger partial charge in [-0.2, -0.15) is 8.42 Å². The highest BCUT2D eigenvalue weighted by atomic mass is 35.5. The number of carbonyl (C=O) groups excluding carboxylic acids is 1. The van der Waals surface area contributed by atoms with Crippen LogP contribution in [0.15, 0.2) is 61.2 Å². The summed E-state index contributed by atoms with van der Waals surface area (Å²) in [5.74, 6) is -0.404. The van der Waals surface area contributed by atoms with Crippen LogP contribution in [-0.2, 0) is 14.9 Å². The molecule has 0 aliphatic heterocycles. The van der Waals surface area contributed by atoms with E-state index in [2.05, 4.69) is 6.58 Å². The van der Waals surface area contributed by atoms with Gasteiger partial charge in [-0.15, -0.1) is 18.2 Å². The molecule has 0 bridgehead atoms. The summed E-state index contributed by atoms with van der Waals surface area (Å²) in [6.07, 6.45) is 9.61. The Morgan fingerprint density at radius 1 is 1.41 bits per heavy atom. The van der Waals surface area contributed by atoms with Gasteiger partial charge in [0.15, 0.2) is 0 Å². The van der Waals surface area contributed by atoms with Crippen molar-refractivity contribution >= 4 is 27.6 Å². The first kappa shape index (κ1) is 21.2. The molecule has 0 saturated carbocycles. The molecule has 0 radical (unpaired) electrons. The molecule has 0 saturated heterocycles.